The second-order valence-corrected chi connectivity index (χ2v) is 2.06. The fraction of sp³-hybridized carbons (Fsp3) is 0.333. The lowest BCUT2D eigenvalue weighted by Crippen LogP contribution is -2.04. The van der Waals surface area contributed by atoms with E-state index in [0.717, 1.165) is 5.69 Å². The van der Waals surface area contributed by atoms with Crippen LogP contribution in [0.3, 0.4) is 0 Å². The molecular weight excluding hydrogens is 119 g/mol. The first-order chi connectivity index (χ1) is 4.20. The molecule has 1 unspecified atom stereocenters. The van der Waals surface area contributed by atoms with E-state index in [1.54, 1.807) is 6.92 Å². The Hall–Kier alpha value is -0.830. The van der Waals surface area contributed by atoms with Gasteiger partial charge in [-0.25, -0.2) is 4.39 Å². The highest BCUT2D eigenvalue weighted by Gasteiger charge is 2.00. The maximum atomic E-state index is 12.2. The molecule has 1 aromatic heterocycles. The second-order valence-electron chi connectivity index (χ2n) is 2.06. The van der Waals surface area contributed by atoms with Gasteiger partial charge in [0.05, 0.1) is 0 Å². The highest BCUT2D eigenvalue weighted by Crippen LogP contribution is 2.07. The topological polar surface area (TPSA) is 41.8 Å². The quantitative estimate of drug-likeness (QED) is 0.585. The summed E-state index contributed by atoms with van der Waals surface area (Å²) in [5.41, 5.74) is 6.16. The molecule has 0 spiro atoms. The summed E-state index contributed by atoms with van der Waals surface area (Å²) in [7, 11) is 0. The number of H-pyrrole nitrogens is 1. The zero-order chi connectivity index (χ0) is 6.85. The maximum absolute atomic E-state index is 12.2. The number of rotatable bonds is 1. The number of hydrogen-bond acceptors (Lipinski definition) is 1. The van der Waals surface area contributed by atoms with E-state index in [2.05, 4.69) is 4.98 Å². The molecular formula is C6H9FN2. The van der Waals surface area contributed by atoms with Crippen molar-refractivity contribution in [3.8, 4) is 0 Å². The zero-order valence-electron chi connectivity index (χ0n) is 5.19. The standard InChI is InChI=1S/C6H9FN2/c1-4(8)6-2-5(7)3-9-6/h2-4,9H,8H2,1H3. The third-order valence-corrected chi connectivity index (χ3v) is 1.16. The third-order valence-electron chi connectivity index (χ3n) is 1.16. The van der Waals surface area contributed by atoms with Crippen LogP contribution in [0.4, 0.5) is 4.39 Å². The van der Waals surface area contributed by atoms with Crippen LogP contribution in [0, 0.1) is 5.82 Å². The Morgan fingerprint density at radius 3 is 2.67 bits per heavy atom. The van der Waals surface area contributed by atoms with Gasteiger partial charge in [-0.05, 0) is 13.0 Å². The number of aromatic nitrogens is 1. The minimum absolute atomic E-state index is 0.116. The molecule has 9 heavy (non-hydrogen) atoms. The van der Waals surface area contributed by atoms with Gasteiger partial charge in [-0.3, -0.25) is 0 Å². The average Bonchev–Trinajstić information content (AvgIpc) is 2.14. The van der Waals surface area contributed by atoms with Crippen LogP contribution in [-0.2, 0) is 0 Å². The molecule has 0 aliphatic carbocycles. The van der Waals surface area contributed by atoms with Gasteiger partial charge in [-0.2, -0.15) is 0 Å². The lowest BCUT2D eigenvalue weighted by atomic mass is 10.3. The molecule has 0 fully saturated rings. The molecule has 2 nitrogen and oxygen atoms in total. The zero-order valence-corrected chi connectivity index (χ0v) is 5.19. The molecule has 0 aliphatic heterocycles. The fourth-order valence-corrected chi connectivity index (χ4v) is 0.647. The van der Waals surface area contributed by atoms with Crippen LogP contribution in [0.25, 0.3) is 0 Å². The van der Waals surface area contributed by atoms with E-state index in [0.29, 0.717) is 0 Å². The Morgan fingerprint density at radius 2 is 2.44 bits per heavy atom. The van der Waals surface area contributed by atoms with Gasteiger partial charge in [0.1, 0.15) is 5.82 Å². The average molecular weight is 128 g/mol. The van der Waals surface area contributed by atoms with Gasteiger partial charge >= 0.3 is 0 Å². The van der Waals surface area contributed by atoms with Crippen molar-refractivity contribution in [2.45, 2.75) is 13.0 Å². The van der Waals surface area contributed by atoms with Gasteiger partial charge in [-0.1, -0.05) is 0 Å². The minimum atomic E-state index is -0.262. The van der Waals surface area contributed by atoms with E-state index in [1.807, 2.05) is 0 Å². The van der Waals surface area contributed by atoms with Gasteiger partial charge in [0.15, 0.2) is 0 Å². The van der Waals surface area contributed by atoms with Crippen LogP contribution < -0.4 is 5.73 Å². The van der Waals surface area contributed by atoms with Crippen LogP contribution in [0.5, 0.6) is 0 Å². The van der Waals surface area contributed by atoms with Crippen LogP contribution in [0.15, 0.2) is 12.3 Å². The molecule has 3 heteroatoms. The number of aromatic amines is 1. The highest BCUT2D eigenvalue weighted by atomic mass is 19.1. The number of halogens is 1. The lowest BCUT2D eigenvalue weighted by molar-refractivity contribution is 0.629. The number of nitrogens with one attached hydrogen (secondary N) is 1. The van der Waals surface area contributed by atoms with Crippen molar-refractivity contribution in [2.24, 2.45) is 5.73 Å². The fourth-order valence-electron chi connectivity index (χ4n) is 0.647. The molecule has 1 aromatic rings. The molecule has 1 atom stereocenters. The van der Waals surface area contributed by atoms with Crippen LogP contribution >= 0.6 is 0 Å². The van der Waals surface area contributed by atoms with Crippen molar-refractivity contribution in [3.63, 3.8) is 0 Å². The molecule has 50 valence electrons. The first kappa shape index (κ1) is 6.29. The minimum Gasteiger partial charge on any atom is -0.361 e. The number of hydrogen-bond donors (Lipinski definition) is 2. The van der Waals surface area contributed by atoms with Gasteiger partial charge in [-0.15, -0.1) is 0 Å². The van der Waals surface area contributed by atoms with E-state index in [9.17, 15) is 4.39 Å². The van der Waals surface area contributed by atoms with Crippen molar-refractivity contribution >= 4 is 0 Å². The first-order valence-corrected chi connectivity index (χ1v) is 2.79. The summed E-state index contributed by atoms with van der Waals surface area (Å²) in [5, 5.41) is 0. The van der Waals surface area contributed by atoms with Crippen molar-refractivity contribution in [1.29, 1.82) is 0 Å². The van der Waals surface area contributed by atoms with Crippen LogP contribution in [-0.4, -0.2) is 4.98 Å². The van der Waals surface area contributed by atoms with Gasteiger partial charge < -0.3 is 10.7 Å². The van der Waals surface area contributed by atoms with Crippen LogP contribution in [0.2, 0.25) is 0 Å². The van der Waals surface area contributed by atoms with Gasteiger partial charge in [0.2, 0.25) is 0 Å². The van der Waals surface area contributed by atoms with E-state index in [4.69, 9.17) is 5.73 Å². The Balaban J connectivity index is 2.85. The SMILES string of the molecule is CC(N)c1cc(F)c[nH]1. The lowest BCUT2D eigenvalue weighted by Gasteiger charge is -1.97. The molecule has 3 N–H and O–H groups in total. The molecule has 0 radical (unpaired) electrons. The van der Waals surface area contributed by atoms with Crippen molar-refractivity contribution in [1.82, 2.24) is 4.98 Å². The molecule has 0 saturated heterocycles. The van der Waals surface area contributed by atoms with Gasteiger partial charge in [0.25, 0.3) is 0 Å². The Morgan fingerprint density at radius 1 is 1.78 bits per heavy atom. The predicted octanol–water partition coefficient (Wildman–Crippen LogP) is 1.17. The van der Waals surface area contributed by atoms with E-state index in [-0.39, 0.29) is 11.9 Å². The van der Waals surface area contributed by atoms with Gasteiger partial charge in [0, 0.05) is 17.9 Å². The molecule has 0 amide bonds. The van der Waals surface area contributed by atoms with Crippen molar-refractivity contribution < 1.29 is 4.39 Å². The van der Waals surface area contributed by atoms with E-state index < -0.39 is 0 Å². The molecule has 0 bridgehead atoms. The predicted molar refractivity (Wildman–Crippen MR) is 33.4 cm³/mol. The summed E-state index contributed by atoms with van der Waals surface area (Å²) in [6.45, 7) is 1.80. The Kier molecular flexibility index (Phi) is 1.53. The molecule has 1 heterocycles. The summed E-state index contributed by atoms with van der Waals surface area (Å²) in [5.74, 6) is -0.262. The van der Waals surface area contributed by atoms with Crippen LogP contribution in [0.1, 0.15) is 18.7 Å². The summed E-state index contributed by atoms with van der Waals surface area (Å²) in [6.07, 6.45) is 1.29. The third kappa shape index (κ3) is 1.29. The highest BCUT2D eigenvalue weighted by molar-refractivity contribution is 5.09. The number of nitrogens with two attached hydrogens (primary N) is 1. The maximum Gasteiger partial charge on any atom is 0.140 e. The molecule has 0 aromatic carbocycles. The smallest absolute Gasteiger partial charge is 0.140 e. The normalized spacial score (nSPS) is 13.7. The Labute approximate surface area is 52.9 Å². The molecule has 0 saturated carbocycles. The van der Waals surface area contributed by atoms with Crippen molar-refractivity contribution in [3.05, 3.63) is 23.8 Å². The summed E-state index contributed by atoms with van der Waals surface area (Å²) >= 11 is 0. The molecule has 1 rings (SSSR count). The molecule has 0 aliphatic rings. The van der Waals surface area contributed by atoms with Crippen molar-refractivity contribution in [2.75, 3.05) is 0 Å². The van der Waals surface area contributed by atoms with E-state index >= 15 is 0 Å². The summed E-state index contributed by atoms with van der Waals surface area (Å²) in [6, 6.07) is 1.28. The van der Waals surface area contributed by atoms with E-state index in [1.165, 1.54) is 12.3 Å². The summed E-state index contributed by atoms with van der Waals surface area (Å²) in [4.78, 5) is 2.70. The second kappa shape index (κ2) is 2.19. The largest absolute Gasteiger partial charge is 0.361 e. The monoisotopic (exact) mass is 128 g/mol. The first-order valence-electron chi connectivity index (χ1n) is 2.79. The summed E-state index contributed by atoms with van der Waals surface area (Å²) < 4.78 is 12.2. The Bertz CT molecular complexity index is 193.